The maximum atomic E-state index is 13.1. The number of nitrogen functional groups attached to an aromatic ring is 1. The van der Waals surface area contributed by atoms with E-state index in [2.05, 4.69) is 5.32 Å². The van der Waals surface area contributed by atoms with Crippen LogP contribution in [0.25, 0.3) is 32.6 Å². The van der Waals surface area contributed by atoms with Crippen molar-refractivity contribution in [3.8, 4) is 22.4 Å². The van der Waals surface area contributed by atoms with Crippen molar-refractivity contribution in [2.75, 3.05) is 11.1 Å². The van der Waals surface area contributed by atoms with Gasteiger partial charge in [-0.15, -0.1) is 11.3 Å². The average molecular weight is 467 g/mol. The summed E-state index contributed by atoms with van der Waals surface area (Å²) in [4.78, 5) is 29.3. The minimum atomic E-state index is -0.489. The Morgan fingerprint density at radius 2 is 1.53 bits per heavy atom. The molecule has 0 atom stereocenters. The number of rotatable bonds is 5. The van der Waals surface area contributed by atoms with Gasteiger partial charge >= 0.3 is 0 Å². The number of fused-ring (bicyclic) bond motifs is 1. The van der Waals surface area contributed by atoms with E-state index in [0.29, 0.717) is 21.1 Å². The van der Waals surface area contributed by atoms with Crippen molar-refractivity contribution in [3.63, 3.8) is 0 Å². The van der Waals surface area contributed by atoms with Crippen LogP contribution in [0.3, 0.4) is 0 Å². The maximum Gasteiger partial charge on any atom is 0.269 e. The topological polar surface area (TPSA) is 111 Å². The van der Waals surface area contributed by atoms with Gasteiger partial charge in [-0.3, -0.25) is 14.9 Å². The number of aromatic nitrogens is 1. The number of thiophene rings is 1. The number of anilines is 2. The smallest absolute Gasteiger partial charge is 0.269 e. The van der Waals surface area contributed by atoms with Crippen LogP contribution in [0.1, 0.15) is 9.67 Å². The molecule has 2 aromatic heterocycles. The number of hydrogen-bond acceptors (Lipinski definition) is 6. The van der Waals surface area contributed by atoms with Crippen molar-refractivity contribution in [3.05, 3.63) is 106 Å². The molecular formula is C26H18N4O3S. The number of nitrogens with two attached hydrogens (primary N) is 1. The summed E-state index contributed by atoms with van der Waals surface area (Å²) in [5, 5.41) is 14.4. The Morgan fingerprint density at radius 1 is 0.912 bits per heavy atom. The number of nitro groups is 1. The van der Waals surface area contributed by atoms with Crippen molar-refractivity contribution in [2.45, 2.75) is 0 Å². The summed E-state index contributed by atoms with van der Waals surface area (Å²) in [6.07, 6.45) is 0. The monoisotopic (exact) mass is 466 g/mol. The molecule has 0 saturated carbocycles. The zero-order chi connectivity index (χ0) is 23.7. The zero-order valence-corrected chi connectivity index (χ0v) is 18.6. The Balaban J connectivity index is 1.61. The molecule has 0 radical (unpaired) electrons. The highest BCUT2D eigenvalue weighted by atomic mass is 32.1. The molecule has 2 heterocycles. The Bertz CT molecular complexity index is 1520. The molecule has 1 amide bonds. The third kappa shape index (κ3) is 3.98. The van der Waals surface area contributed by atoms with E-state index in [4.69, 9.17) is 10.7 Å². The van der Waals surface area contributed by atoms with Gasteiger partial charge in [-0.25, -0.2) is 4.98 Å². The number of nitrogens with one attached hydrogen (secondary N) is 1. The van der Waals surface area contributed by atoms with Crippen LogP contribution in [0.2, 0.25) is 0 Å². The number of amides is 1. The van der Waals surface area contributed by atoms with Crippen LogP contribution >= 0.6 is 11.3 Å². The number of non-ortho nitro benzene ring substituents is 1. The Hall–Kier alpha value is -4.56. The normalized spacial score (nSPS) is 10.8. The third-order valence-electron chi connectivity index (χ3n) is 5.40. The van der Waals surface area contributed by atoms with Gasteiger partial charge in [0.25, 0.3) is 11.6 Å². The van der Waals surface area contributed by atoms with Gasteiger partial charge < -0.3 is 11.1 Å². The highest BCUT2D eigenvalue weighted by molar-refractivity contribution is 7.21. The lowest BCUT2D eigenvalue weighted by molar-refractivity contribution is -0.384. The second kappa shape index (κ2) is 8.76. The molecule has 166 valence electrons. The molecule has 3 N–H and O–H groups in total. The summed E-state index contributed by atoms with van der Waals surface area (Å²) in [6.45, 7) is 0. The molecule has 8 heteroatoms. The first kappa shape index (κ1) is 21.3. The second-order valence-electron chi connectivity index (χ2n) is 7.57. The fourth-order valence-electron chi connectivity index (χ4n) is 3.75. The highest BCUT2D eigenvalue weighted by Crippen LogP contribution is 2.41. The number of carbonyl (C=O) groups is 1. The number of nitro benzene ring substituents is 1. The lowest BCUT2D eigenvalue weighted by atomic mass is 9.99. The molecule has 0 unspecified atom stereocenters. The van der Waals surface area contributed by atoms with Crippen LogP contribution in [-0.4, -0.2) is 15.8 Å². The summed E-state index contributed by atoms with van der Waals surface area (Å²) in [5.41, 5.74) is 10.9. The Labute approximate surface area is 198 Å². The van der Waals surface area contributed by atoms with Gasteiger partial charge in [-0.1, -0.05) is 60.7 Å². The molecule has 0 saturated heterocycles. The molecule has 34 heavy (non-hydrogen) atoms. The van der Waals surface area contributed by atoms with Crippen LogP contribution in [0.15, 0.2) is 91.0 Å². The third-order valence-corrected chi connectivity index (χ3v) is 6.49. The minimum Gasteiger partial charge on any atom is -0.397 e. The van der Waals surface area contributed by atoms with E-state index < -0.39 is 10.8 Å². The quantitative estimate of drug-likeness (QED) is 0.231. The lowest BCUT2D eigenvalue weighted by Crippen LogP contribution is -2.11. The summed E-state index contributed by atoms with van der Waals surface area (Å²) in [6, 6.07) is 27.3. The number of nitrogens with zero attached hydrogens (tertiary/aromatic N) is 2. The largest absolute Gasteiger partial charge is 0.397 e. The van der Waals surface area contributed by atoms with Crippen LogP contribution in [-0.2, 0) is 0 Å². The van der Waals surface area contributed by atoms with E-state index in [0.717, 1.165) is 27.8 Å². The van der Waals surface area contributed by atoms with Gasteiger partial charge in [0.15, 0.2) is 0 Å². The zero-order valence-electron chi connectivity index (χ0n) is 17.8. The standard InChI is InChI=1S/C26H18N4O3S/c27-23-22-20(16-7-3-1-4-8-16)15-21(17-9-5-2-6-10-17)29-26(22)34-24(23)25(31)28-18-11-13-19(14-12-18)30(32)33/h1-15H,27H2,(H,28,31). The van der Waals surface area contributed by atoms with Gasteiger partial charge in [0, 0.05) is 28.8 Å². The lowest BCUT2D eigenvalue weighted by Gasteiger charge is -2.09. The summed E-state index contributed by atoms with van der Waals surface area (Å²) < 4.78 is 0. The molecule has 7 nitrogen and oxygen atoms in total. The minimum absolute atomic E-state index is 0.0514. The Kier molecular flexibility index (Phi) is 5.49. The molecule has 0 aliphatic heterocycles. The molecule has 3 aromatic carbocycles. The van der Waals surface area contributed by atoms with Crippen molar-refractivity contribution in [1.82, 2.24) is 4.98 Å². The first-order chi connectivity index (χ1) is 16.5. The molecule has 0 fully saturated rings. The molecular weight excluding hydrogens is 448 g/mol. The first-order valence-corrected chi connectivity index (χ1v) is 11.2. The SMILES string of the molecule is Nc1c(C(=O)Nc2ccc([N+](=O)[O-])cc2)sc2nc(-c3ccccc3)cc(-c3ccccc3)c12. The first-order valence-electron chi connectivity index (χ1n) is 10.4. The molecule has 0 aliphatic carbocycles. The second-order valence-corrected chi connectivity index (χ2v) is 8.57. The van der Waals surface area contributed by atoms with Crippen molar-refractivity contribution < 1.29 is 9.72 Å². The van der Waals surface area contributed by atoms with Gasteiger partial charge in [-0.2, -0.15) is 0 Å². The number of benzene rings is 3. The van der Waals surface area contributed by atoms with E-state index >= 15 is 0 Å². The molecule has 0 bridgehead atoms. The summed E-state index contributed by atoms with van der Waals surface area (Å²) in [5.74, 6) is -0.394. The fourth-order valence-corrected chi connectivity index (χ4v) is 4.76. The fraction of sp³-hybridized carbons (Fsp3) is 0. The average Bonchev–Trinajstić information content (AvgIpc) is 3.21. The van der Waals surface area contributed by atoms with Crippen molar-refractivity contribution >= 4 is 44.5 Å². The summed E-state index contributed by atoms with van der Waals surface area (Å²) in [7, 11) is 0. The molecule has 5 rings (SSSR count). The van der Waals surface area contributed by atoms with E-state index in [1.54, 1.807) is 0 Å². The Morgan fingerprint density at radius 3 is 2.15 bits per heavy atom. The van der Waals surface area contributed by atoms with Gasteiger partial charge in [0.1, 0.15) is 9.71 Å². The molecule has 0 spiro atoms. The predicted molar refractivity (Wildman–Crippen MR) is 136 cm³/mol. The van der Waals surface area contributed by atoms with Gasteiger partial charge in [0.05, 0.1) is 16.3 Å². The van der Waals surface area contributed by atoms with Crippen molar-refractivity contribution in [2.24, 2.45) is 0 Å². The van der Waals surface area contributed by atoms with Crippen LogP contribution in [0.4, 0.5) is 17.1 Å². The van der Waals surface area contributed by atoms with E-state index in [1.807, 2.05) is 66.7 Å². The molecule has 5 aromatic rings. The van der Waals surface area contributed by atoms with Gasteiger partial charge in [-0.05, 0) is 29.3 Å². The molecule has 0 aliphatic rings. The van der Waals surface area contributed by atoms with Gasteiger partial charge in [0.2, 0.25) is 0 Å². The highest BCUT2D eigenvalue weighted by Gasteiger charge is 2.22. The van der Waals surface area contributed by atoms with Crippen LogP contribution < -0.4 is 11.1 Å². The van der Waals surface area contributed by atoms with E-state index in [9.17, 15) is 14.9 Å². The maximum absolute atomic E-state index is 13.1. The van der Waals surface area contributed by atoms with E-state index in [1.165, 1.54) is 35.6 Å². The number of carbonyl (C=O) groups excluding carboxylic acids is 1. The predicted octanol–water partition coefficient (Wildman–Crippen LogP) is 6.37. The van der Waals surface area contributed by atoms with Crippen LogP contribution in [0, 0.1) is 10.1 Å². The van der Waals surface area contributed by atoms with E-state index in [-0.39, 0.29) is 5.69 Å². The van der Waals surface area contributed by atoms with Crippen LogP contribution in [0.5, 0.6) is 0 Å². The summed E-state index contributed by atoms with van der Waals surface area (Å²) >= 11 is 1.22. The number of pyridine rings is 1. The van der Waals surface area contributed by atoms with Crippen molar-refractivity contribution in [1.29, 1.82) is 0 Å². The number of hydrogen-bond donors (Lipinski definition) is 2.